The van der Waals surface area contributed by atoms with Crippen LogP contribution in [0.15, 0.2) is 0 Å². The molecule has 0 fully saturated rings. The van der Waals surface area contributed by atoms with Gasteiger partial charge in [0.05, 0.1) is 5.92 Å². The lowest BCUT2D eigenvalue weighted by Crippen LogP contribution is -2.31. The number of carbonyl (C=O) groups is 1. The average Bonchev–Trinajstić information content (AvgIpc) is 2.00. The molecular formula is C14H33NO2. The van der Waals surface area contributed by atoms with Crippen molar-refractivity contribution in [2.24, 2.45) is 22.5 Å². The number of aliphatic carboxylic acids is 1. The van der Waals surface area contributed by atoms with Gasteiger partial charge >= 0.3 is 5.97 Å². The number of rotatable bonds is 1. The zero-order valence-corrected chi connectivity index (χ0v) is 12.1. The molecule has 2 unspecified atom stereocenters. The van der Waals surface area contributed by atoms with Gasteiger partial charge in [0.2, 0.25) is 0 Å². The molecule has 0 aliphatic heterocycles. The summed E-state index contributed by atoms with van der Waals surface area (Å²) in [6.07, 6.45) is 0. The summed E-state index contributed by atoms with van der Waals surface area (Å²) in [5.74, 6) is -0.986. The first kappa shape index (κ1) is 21.7. The van der Waals surface area contributed by atoms with E-state index in [0.717, 1.165) is 0 Å². The van der Waals surface area contributed by atoms with E-state index in [-0.39, 0.29) is 24.2 Å². The van der Waals surface area contributed by atoms with Gasteiger partial charge in [0.25, 0.3) is 0 Å². The van der Waals surface area contributed by atoms with E-state index < -0.39 is 5.97 Å². The van der Waals surface area contributed by atoms with Crippen LogP contribution in [0.1, 0.15) is 62.8 Å². The number of nitrogens with two attached hydrogens (primary N) is 1. The van der Waals surface area contributed by atoms with Crippen molar-refractivity contribution in [3.8, 4) is 0 Å². The third-order valence-electron chi connectivity index (χ3n) is 3.04. The minimum Gasteiger partial charge on any atom is -0.481 e. The van der Waals surface area contributed by atoms with E-state index in [1.54, 1.807) is 6.92 Å². The van der Waals surface area contributed by atoms with Crippen molar-refractivity contribution < 1.29 is 9.90 Å². The van der Waals surface area contributed by atoms with Crippen LogP contribution in [0.25, 0.3) is 0 Å². The van der Waals surface area contributed by atoms with Crippen LogP contribution in [-0.4, -0.2) is 17.1 Å². The fourth-order valence-corrected chi connectivity index (χ4v) is 0.370. The standard InChI is InChI=1S/C7H14O2.C6H15N.CH4/c1-5(6(8)9)7(2,3)4;1-5(7)6(2,3)4;/h5H,1-4H3,(H,8,9);5H,7H2,1-4H3;1H4. The van der Waals surface area contributed by atoms with Gasteiger partial charge in [0.15, 0.2) is 0 Å². The van der Waals surface area contributed by atoms with Crippen LogP contribution in [0.4, 0.5) is 0 Å². The second-order valence-electron chi connectivity index (χ2n) is 6.58. The maximum Gasteiger partial charge on any atom is 0.306 e. The van der Waals surface area contributed by atoms with Crippen LogP contribution >= 0.6 is 0 Å². The highest BCUT2D eigenvalue weighted by atomic mass is 16.4. The predicted octanol–water partition coefficient (Wildman–Crippen LogP) is 3.77. The lowest BCUT2D eigenvalue weighted by Gasteiger charge is -2.22. The van der Waals surface area contributed by atoms with Crippen LogP contribution in [-0.2, 0) is 4.79 Å². The van der Waals surface area contributed by atoms with Gasteiger partial charge in [-0.15, -0.1) is 0 Å². The van der Waals surface area contributed by atoms with E-state index >= 15 is 0 Å². The fourth-order valence-electron chi connectivity index (χ4n) is 0.370. The Kier molecular flexibility index (Phi) is 9.82. The molecular weight excluding hydrogens is 214 g/mol. The van der Waals surface area contributed by atoms with Crippen LogP contribution in [0.2, 0.25) is 0 Å². The first-order valence-corrected chi connectivity index (χ1v) is 5.78. The second kappa shape index (κ2) is 7.70. The van der Waals surface area contributed by atoms with Crippen molar-refractivity contribution in [2.45, 2.75) is 68.9 Å². The maximum atomic E-state index is 10.3. The van der Waals surface area contributed by atoms with Crippen LogP contribution in [0.5, 0.6) is 0 Å². The SMILES string of the molecule is C.CC(C(=O)O)C(C)(C)C.CC(N)C(C)(C)C. The molecule has 0 rings (SSSR count). The normalized spacial score (nSPS) is 14.9. The van der Waals surface area contributed by atoms with Crippen molar-refractivity contribution in [3.63, 3.8) is 0 Å². The highest BCUT2D eigenvalue weighted by Crippen LogP contribution is 2.24. The number of hydrogen-bond donors (Lipinski definition) is 2. The molecule has 17 heavy (non-hydrogen) atoms. The quantitative estimate of drug-likeness (QED) is 0.741. The molecule has 0 aliphatic carbocycles. The van der Waals surface area contributed by atoms with Gasteiger partial charge in [-0.1, -0.05) is 55.9 Å². The molecule has 0 aromatic heterocycles. The molecule has 0 spiro atoms. The summed E-state index contributed by atoms with van der Waals surface area (Å²) in [6.45, 7) is 15.9. The Balaban J connectivity index is -0.000000224. The Morgan fingerprint density at radius 3 is 1.24 bits per heavy atom. The zero-order valence-electron chi connectivity index (χ0n) is 12.1. The van der Waals surface area contributed by atoms with Gasteiger partial charge in [-0.05, 0) is 17.8 Å². The molecule has 0 aromatic carbocycles. The van der Waals surface area contributed by atoms with Gasteiger partial charge in [-0.3, -0.25) is 4.79 Å². The third-order valence-corrected chi connectivity index (χ3v) is 3.04. The van der Waals surface area contributed by atoms with E-state index in [9.17, 15) is 4.79 Å². The first-order chi connectivity index (χ1) is 6.80. The summed E-state index contributed by atoms with van der Waals surface area (Å²) in [4.78, 5) is 10.3. The topological polar surface area (TPSA) is 63.3 Å². The Labute approximate surface area is 108 Å². The third kappa shape index (κ3) is 11.7. The van der Waals surface area contributed by atoms with Gasteiger partial charge in [-0.2, -0.15) is 0 Å². The molecule has 3 N–H and O–H groups in total. The highest BCUT2D eigenvalue weighted by molar-refractivity contribution is 5.70. The molecule has 0 saturated heterocycles. The molecule has 0 radical (unpaired) electrons. The summed E-state index contributed by atoms with van der Waals surface area (Å²) in [7, 11) is 0. The van der Waals surface area contributed by atoms with Gasteiger partial charge in [-0.25, -0.2) is 0 Å². The summed E-state index contributed by atoms with van der Waals surface area (Å²) < 4.78 is 0. The molecule has 0 bridgehead atoms. The molecule has 0 heterocycles. The Bertz CT molecular complexity index is 209. The fraction of sp³-hybridized carbons (Fsp3) is 0.929. The zero-order chi connectivity index (χ0) is 13.7. The summed E-state index contributed by atoms with van der Waals surface area (Å²) in [5, 5.41) is 8.52. The minimum atomic E-state index is -0.720. The van der Waals surface area contributed by atoms with Gasteiger partial charge in [0.1, 0.15) is 0 Å². The van der Waals surface area contributed by atoms with Crippen molar-refractivity contribution in [2.75, 3.05) is 0 Å². The number of carboxylic acid groups (broad SMARTS) is 1. The molecule has 0 saturated carbocycles. The highest BCUT2D eigenvalue weighted by Gasteiger charge is 2.25. The smallest absolute Gasteiger partial charge is 0.306 e. The van der Waals surface area contributed by atoms with Crippen LogP contribution < -0.4 is 5.73 Å². The second-order valence-corrected chi connectivity index (χ2v) is 6.58. The Morgan fingerprint density at radius 1 is 1.00 bits per heavy atom. The van der Waals surface area contributed by atoms with E-state index in [1.165, 1.54) is 0 Å². The molecule has 0 aliphatic rings. The average molecular weight is 247 g/mol. The van der Waals surface area contributed by atoms with Gasteiger partial charge in [0, 0.05) is 6.04 Å². The molecule has 2 atom stereocenters. The van der Waals surface area contributed by atoms with E-state index in [4.69, 9.17) is 10.8 Å². The number of carboxylic acids is 1. The largest absolute Gasteiger partial charge is 0.481 e. The van der Waals surface area contributed by atoms with Gasteiger partial charge < -0.3 is 10.8 Å². The monoisotopic (exact) mass is 247 g/mol. The Morgan fingerprint density at radius 2 is 1.24 bits per heavy atom. The summed E-state index contributed by atoms with van der Waals surface area (Å²) >= 11 is 0. The van der Waals surface area contributed by atoms with Crippen molar-refractivity contribution >= 4 is 5.97 Å². The molecule has 3 heteroatoms. The lowest BCUT2D eigenvalue weighted by molar-refractivity contribution is -0.144. The van der Waals surface area contributed by atoms with Crippen molar-refractivity contribution in [1.82, 2.24) is 0 Å². The lowest BCUT2D eigenvalue weighted by atomic mass is 9.82. The van der Waals surface area contributed by atoms with E-state index in [0.29, 0.717) is 6.04 Å². The molecule has 0 aromatic rings. The van der Waals surface area contributed by atoms with E-state index in [2.05, 4.69) is 20.8 Å². The molecule has 106 valence electrons. The van der Waals surface area contributed by atoms with Crippen LogP contribution in [0, 0.1) is 16.7 Å². The minimum absolute atomic E-state index is 0. The summed E-state index contributed by atoms with van der Waals surface area (Å²) in [6, 6.07) is 0.299. The predicted molar refractivity (Wildman–Crippen MR) is 76.1 cm³/mol. The van der Waals surface area contributed by atoms with Crippen molar-refractivity contribution in [3.05, 3.63) is 0 Å². The Hall–Kier alpha value is -0.570. The summed E-state index contributed by atoms with van der Waals surface area (Å²) in [5.41, 5.74) is 5.73. The number of hydrogen-bond acceptors (Lipinski definition) is 2. The van der Waals surface area contributed by atoms with Crippen LogP contribution in [0.3, 0.4) is 0 Å². The maximum absolute atomic E-state index is 10.3. The first-order valence-electron chi connectivity index (χ1n) is 5.78. The van der Waals surface area contributed by atoms with E-state index in [1.807, 2.05) is 27.7 Å². The molecule has 3 nitrogen and oxygen atoms in total. The molecule has 0 amide bonds. The van der Waals surface area contributed by atoms with Crippen molar-refractivity contribution in [1.29, 1.82) is 0 Å².